The van der Waals surface area contributed by atoms with Gasteiger partial charge in [-0.05, 0) is 37.1 Å². The van der Waals surface area contributed by atoms with Gasteiger partial charge in [-0.15, -0.1) is 11.8 Å². The highest BCUT2D eigenvalue weighted by atomic mass is 32.2. The number of imide groups is 1. The number of benzene rings is 2. The molecule has 30 heavy (non-hydrogen) atoms. The number of carbonyl (C=O) groups excluding carboxylic acids is 3. The lowest BCUT2D eigenvalue weighted by Crippen LogP contribution is -2.46. The molecular formula is C22H22N4O3S. The molecule has 0 unspecified atom stereocenters. The number of hydrogen-bond donors (Lipinski definition) is 4. The smallest absolute Gasteiger partial charge is 0.322 e. The van der Waals surface area contributed by atoms with Crippen LogP contribution in [0.4, 0.5) is 4.79 Å². The van der Waals surface area contributed by atoms with Crippen LogP contribution < -0.4 is 16.0 Å². The van der Waals surface area contributed by atoms with Crippen LogP contribution in [0.15, 0.2) is 59.6 Å². The number of rotatable bonds is 7. The number of H-pyrrole nitrogens is 1. The molecule has 8 heteroatoms. The summed E-state index contributed by atoms with van der Waals surface area (Å²) in [4.78, 5) is 40.2. The van der Waals surface area contributed by atoms with Crippen LogP contribution in [0.5, 0.6) is 0 Å². The molecule has 3 aromatic rings. The van der Waals surface area contributed by atoms with Gasteiger partial charge in [-0.1, -0.05) is 30.3 Å². The molecule has 2 heterocycles. The van der Waals surface area contributed by atoms with Gasteiger partial charge < -0.3 is 15.6 Å². The summed E-state index contributed by atoms with van der Waals surface area (Å²) in [5.41, 5.74) is 1.79. The Kier molecular flexibility index (Phi) is 5.50. The molecule has 1 aromatic heterocycles. The van der Waals surface area contributed by atoms with E-state index in [0.717, 1.165) is 27.8 Å². The Labute approximate surface area is 178 Å². The normalized spacial score (nSPS) is 18.3. The summed E-state index contributed by atoms with van der Waals surface area (Å²) < 4.78 is 0. The SMILES string of the molecule is C[C@]1(CSc2ccccc2C(=O)NCCc2c[nH]c3ccccc23)NC(=O)NC1=O. The number of nitrogens with one attached hydrogen (secondary N) is 4. The van der Waals surface area contributed by atoms with Gasteiger partial charge in [-0.2, -0.15) is 0 Å². The van der Waals surface area contributed by atoms with E-state index < -0.39 is 11.6 Å². The molecule has 1 atom stereocenters. The predicted molar refractivity (Wildman–Crippen MR) is 117 cm³/mol. The number of aromatic nitrogens is 1. The van der Waals surface area contributed by atoms with E-state index >= 15 is 0 Å². The van der Waals surface area contributed by atoms with Gasteiger partial charge in [0.05, 0.1) is 5.56 Å². The zero-order chi connectivity index (χ0) is 21.1. The van der Waals surface area contributed by atoms with Crippen molar-refractivity contribution in [2.45, 2.75) is 23.8 Å². The van der Waals surface area contributed by atoms with Gasteiger partial charge in [0, 0.05) is 34.3 Å². The first-order chi connectivity index (χ1) is 14.5. The first-order valence-electron chi connectivity index (χ1n) is 9.65. The zero-order valence-electron chi connectivity index (χ0n) is 16.5. The number of aromatic amines is 1. The molecule has 0 aliphatic carbocycles. The maximum atomic E-state index is 12.8. The monoisotopic (exact) mass is 422 g/mol. The molecule has 154 valence electrons. The third-order valence-corrected chi connectivity index (χ3v) is 6.51. The fourth-order valence-electron chi connectivity index (χ4n) is 3.43. The molecule has 0 bridgehead atoms. The highest BCUT2D eigenvalue weighted by molar-refractivity contribution is 7.99. The number of urea groups is 1. The van der Waals surface area contributed by atoms with Crippen molar-refractivity contribution in [3.8, 4) is 0 Å². The average Bonchev–Trinajstić information content (AvgIpc) is 3.26. The largest absolute Gasteiger partial charge is 0.361 e. The summed E-state index contributed by atoms with van der Waals surface area (Å²) in [5.74, 6) is -0.201. The molecule has 1 aliphatic rings. The second-order valence-electron chi connectivity index (χ2n) is 7.39. The van der Waals surface area contributed by atoms with Crippen molar-refractivity contribution in [2.75, 3.05) is 12.3 Å². The van der Waals surface area contributed by atoms with Crippen LogP contribution in [0.2, 0.25) is 0 Å². The maximum Gasteiger partial charge on any atom is 0.322 e. The highest BCUT2D eigenvalue weighted by Crippen LogP contribution is 2.27. The molecule has 7 nitrogen and oxygen atoms in total. The van der Waals surface area contributed by atoms with Gasteiger partial charge in [-0.25, -0.2) is 4.79 Å². The van der Waals surface area contributed by atoms with Crippen LogP contribution >= 0.6 is 11.8 Å². The molecule has 0 radical (unpaired) electrons. The molecule has 1 fully saturated rings. The maximum absolute atomic E-state index is 12.8. The second-order valence-corrected chi connectivity index (χ2v) is 8.41. The van der Waals surface area contributed by atoms with E-state index in [1.54, 1.807) is 13.0 Å². The minimum Gasteiger partial charge on any atom is -0.361 e. The van der Waals surface area contributed by atoms with Gasteiger partial charge >= 0.3 is 6.03 Å². The summed E-state index contributed by atoms with van der Waals surface area (Å²) in [6.07, 6.45) is 2.69. The number of hydrogen-bond acceptors (Lipinski definition) is 4. The predicted octanol–water partition coefficient (Wildman–Crippen LogP) is 2.83. The molecule has 4 amide bonds. The highest BCUT2D eigenvalue weighted by Gasteiger charge is 2.41. The Morgan fingerprint density at radius 3 is 2.67 bits per heavy atom. The van der Waals surface area contributed by atoms with Gasteiger partial charge in [0.15, 0.2) is 0 Å². The molecule has 0 spiro atoms. The van der Waals surface area contributed by atoms with E-state index in [9.17, 15) is 14.4 Å². The first-order valence-corrected chi connectivity index (χ1v) is 10.6. The van der Waals surface area contributed by atoms with Crippen LogP contribution in [-0.4, -0.2) is 40.7 Å². The number of para-hydroxylation sites is 1. The Bertz CT molecular complexity index is 1130. The Balaban J connectivity index is 1.38. The van der Waals surface area contributed by atoms with E-state index in [1.807, 2.05) is 42.6 Å². The minimum absolute atomic E-state index is 0.164. The van der Waals surface area contributed by atoms with E-state index in [-0.39, 0.29) is 11.8 Å². The fraction of sp³-hybridized carbons (Fsp3) is 0.227. The lowest BCUT2D eigenvalue weighted by Gasteiger charge is -2.20. The first kappa shape index (κ1) is 20.0. The van der Waals surface area contributed by atoms with Crippen molar-refractivity contribution in [2.24, 2.45) is 0 Å². The van der Waals surface area contributed by atoms with Crippen LogP contribution in [0.25, 0.3) is 10.9 Å². The van der Waals surface area contributed by atoms with Crippen molar-refractivity contribution in [3.05, 3.63) is 65.9 Å². The van der Waals surface area contributed by atoms with Gasteiger partial charge in [0.2, 0.25) is 0 Å². The molecule has 4 rings (SSSR count). The van der Waals surface area contributed by atoms with Crippen LogP contribution in [0.1, 0.15) is 22.8 Å². The Morgan fingerprint density at radius 2 is 1.87 bits per heavy atom. The second kappa shape index (κ2) is 8.23. The Morgan fingerprint density at radius 1 is 1.10 bits per heavy atom. The van der Waals surface area contributed by atoms with E-state index in [2.05, 4.69) is 27.0 Å². The van der Waals surface area contributed by atoms with Crippen LogP contribution in [0.3, 0.4) is 0 Å². The van der Waals surface area contributed by atoms with Crippen molar-refractivity contribution >= 4 is 40.5 Å². The lowest BCUT2D eigenvalue weighted by atomic mass is 10.1. The fourth-order valence-corrected chi connectivity index (χ4v) is 4.57. The van der Waals surface area contributed by atoms with Gasteiger partial charge in [0.25, 0.3) is 11.8 Å². The minimum atomic E-state index is -0.999. The molecular weight excluding hydrogens is 400 g/mol. The van der Waals surface area contributed by atoms with Crippen molar-refractivity contribution in [1.82, 2.24) is 20.9 Å². The van der Waals surface area contributed by atoms with E-state index in [4.69, 9.17) is 0 Å². The molecule has 4 N–H and O–H groups in total. The summed E-state index contributed by atoms with van der Waals surface area (Å²) in [5, 5.41) is 9.03. The molecule has 1 aliphatic heterocycles. The van der Waals surface area contributed by atoms with Crippen molar-refractivity contribution in [1.29, 1.82) is 0 Å². The Hall–Kier alpha value is -3.26. The van der Waals surface area contributed by atoms with Crippen molar-refractivity contribution in [3.63, 3.8) is 0 Å². The summed E-state index contributed by atoms with van der Waals surface area (Å²) in [7, 11) is 0. The third kappa shape index (κ3) is 4.04. The summed E-state index contributed by atoms with van der Waals surface area (Å²) >= 11 is 1.37. The lowest BCUT2D eigenvalue weighted by molar-refractivity contribution is -0.122. The number of thioether (sulfide) groups is 1. The van der Waals surface area contributed by atoms with Gasteiger partial charge in [0.1, 0.15) is 5.54 Å². The molecule has 1 saturated heterocycles. The topological polar surface area (TPSA) is 103 Å². The van der Waals surface area contributed by atoms with Crippen LogP contribution in [-0.2, 0) is 11.2 Å². The zero-order valence-corrected chi connectivity index (χ0v) is 17.3. The molecule has 2 aromatic carbocycles. The summed E-state index contributed by atoms with van der Waals surface area (Å²) in [6.45, 7) is 2.18. The van der Waals surface area contributed by atoms with Gasteiger partial charge in [-0.3, -0.25) is 14.9 Å². The third-order valence-electron chi connectivity index (χ3n) is 5.12. The van der Waals surface area contributed by atoms with E-state index in [1.165, 1.54) is 11.8 Å². The average molecular weight is 423 g/mol. The number of fused-ring (bicyclic) bond motifs is 1. The van der Waals surface area contributed by atoms with Crippen molar-refractivity contribution < 1.29 is 14.4 Å². The van der Waals surface area contributed by atoms with Crippen LogP contribution in [0, 0.1) is 0 Å². The summed E-state index contributed by atoms with van der Waals surface area (Å²) in [6, 6.07) is 14.8. The molecule has 0 saturated carbocycles. The number of carbonyl (C=O) groups is 3. The standard InChI is InChI=1S/C22H22N4O3S/c1-22(20(28)25-21(29)26-22)13-30-18-9-5-3-7-16(18)19(27)23-11-10-14-12-24-17-8-4-2-6-15(14)17/h2-9,12,24H,10-11,13H2,1H3,(H,23,27)(H2,25,26,28,29)/t22-/m1/s1. The van der Waals surface area contributed by atoms with E-state index in [0.29, 0.717) is 17.9 Å². The number of amides is 4. The quantitative estimate of drug-likeness (QED) is 0.347.